The van der Waals surface area contributed by atoms with Gasteiger partial charge in [-0.05, 0) is 42.2 Å². The number of halogens is 1. The second kappa shape index (κ2) is 5.80. The molecule has 3 rings (SSSR count). The van der Waals surface area contributed by atoms with E-state index in [2.05, 4.69) is 4.98 Å². The number of aryl methyl sites for hydroxylation is 1. The zero-order chi connectivity index (χ0) is 14.8. The molecule has 0 aliphatic carbocycles. The molecule has 0 saturated heterocycles. The normalized spacial score (nSPS) is 11.3. The zero-order valence-electron chi connectivity index (χ0n) is 11.3. The number of rotatable bonds is 3. The Morgan fingerprint density at radius 1 is 1.33 bits per heavy atom. The van der Waals surface area contributed by atoms with Crippen LogP contribution >= 0.6 is 22.9 Å². The summed E-state index contributed by atoms with van der Waals surface area (Å²) in [6.45, 7) is 2.00. The van der Waals surface area contributed by atoms with Gasteiger partial charge < -0.3 is 0 Å². The quantitative estimate of drug-likeness (QED) is 0.380. The molecule has 0 saturated carbocycles. The molecule has 0 unspecified atom stereocenters. The Hall–Kier alpha value is -1.97. The summed E-state index contributed by atoms with van der Waals surface area (Å²) in [5.41, 5.74) is 3.42. The number of pyridine rings is 1. The zero-order valence-corrected chi connectivity index (χ0v) is 12.9. The monoisotopic (exact) mass is 313 g/mol. The molecule has 0 amide bonds. The Bertz CT molecular complexity index is 837. The molecule has 21 heavy (non-hydrogen) atoms. The van der Waals surface area contributed by atoms with E-state index in [0.717, 1.165) is 22.0 Å². The lowest BCUT2D eigenvalue weighted by atomic mass is 10.1. The van der Waals surface area contributed by atoms with E-state index in [9.17, 15) is 4.79 Å². The summed E-state index contributed by atoms with van der Waals surface area (Å²) >= 11 is 7.72. The summed E-state index contributed by atoms with van der Waals surface area (Å²) in [4.78, 5) is 16.4. The van der Waals surface area contributed by atoms with E-state index in [-0.39, 0.29) is 5.78 Å². The number of hydrogen-bond acceptors (Lipinski definition) is 3. The van der Waals surface area contributed by atoms with Gasteiger partial charge in [0.1, 0.15) is 5.15 Å². The first-order valence-corrected chi connectivity index (χ1v) is 7.78. The number of benzene rings is 1. The number of carbonyl (C=O) groups is 1. The minimum atomic E-state index is -0.0309. The van der Waals surface area contributed by atoms with Crippen LogP contribution in [0.2, 0.25) is 5.15 Å². The minimum absolute atomic E-state index is 0.0309. The first-order valence-electron chi connectivity index (χ1n) is 6.45. The number of ketones is 1. The van der Waals surface area contributed by atoms with Gasteiger partial charge in [0.05, 0.1) is 5.52 Å². The van der Waals surface area contributed by atoms with Crippen molar-refractivity contribution in [3.05, 3.63) is 69.0 Å². The van der Waals surface area contributed by atoms with Crippen molar-refractivity contribution in [1.82, 2.24) is 4.98 Å². The molecule has 0 fully saturated rings. The Labute approximate surface area is 131 Å². The first-order chi connectivity index (χ1) is 10.1. The standard InChI is InChI=1S/C17H12ClNOS/c1-11-3-2-4-12-9-13(17(18)19-16(11)12)5-6-15(20)14-7-8-21-10-14/h2-10H,1H3/b6-5+. The second-order valence-corrected chi connectivity index (χ2v) is 5.86. The molecule has 0 spiro atoms. The highest BCUT2D eigenvalue weighted by molar-refractivity contribution is 7.08. The van der Waals surface area contributed by atoms with E-state index in [1.54, 1.807) is 12.1 Å². The summed E-state index contributed by atoms with van der Waals surface area (Å²) in [5.74, 6) is -0.0309. The molecule has 0 bridgehead atoms. The molecular formula is C17H12ClNOS. The minimum Gasteiger partial charge on any atom is -0.289 e. The number of aromatic nitrogens is 1. The van der Waals surface area contributed by atoms with Crippen molar-refractivity contribution in [2.24, 2.45) is 0 Å². The van der Waals surface area contributed by atoms with Crippen LogP contribution in [0.15, 0.2) is 47.2 Å². The van der Waals surface area contributed by atoms with Crippen molar-refractivity contribution in [3.8, 4) is 0 Å². The van der Waals surface area contributed by atoms with Gasteiger partial charge in [-0.1, -0.05) is 29.8 Å². The van der Waals surface area contributed by atoms with Gasteiger partial charge in [0.25, 0.3) is 0 Å². The van der Waals surface area contributed by atoms with Crippen LogP contribution in [0.5, 0.6) is 0 Å². The largest absolute Gasteiger partial charge is 0.289 e. The van der Waals surface area contributed by atoms with Gasteiger partial charge in [-0.15, -0.1) is 0 Å². The van der Waals surface area contributed by atoms with Crippen molar-refractivity contribution in [3.63, 3.8) is 0 Å². The molecule has 2 aromatic heterocycles. The molecule has 0 atom stereocenters. The van der Waals surface area contributed by atoms with Gasteiger partial charge in [0.2, 0.25) is 0 Å². The lowest BCUT2D eigenvalue weighted by Crippen LogP contribution is -1.91. The first kappa shape index (κ1) is 14.0. The van der Waals surface area contributed by atoms with E-state index < -0.39 is 0 Å². The van der Waals surface area contributed by atoms with Crippen molar-refractivity contribution in [2.75, 3.05) is 0 Å². The fourth-order valence-electron chi connectivity index (χ4n) is 2.12. The van der Waals surface area contributed by atoms with Crippen LogP contribution < -0.4 is 0 Å². The number of carbonyl (C=O) groups excluding carboxylic acids is 1. The van der Waals surface area contributed by atoms with E-state index in [4.69, 9.17) is 11.6 Å². The highest BCUT2D eigenvalue weighted by Gasteiger charge is 2.06. The van der Waals surface area contributed by atoms with Crippen molar-refractivity contribution in [1.29, 1.82) is 0 Å². The maximum atomic E-state index is 12.0. The maximum Gasteiger partial charge on any atom is 0.186 e. The molecule has 3 aromatic rings. The lowest BCUT2D eigenvalue weighted by Gasteiger charge is -2.04. The SMILES string of the molecule is Cc1cccc2cc(/C=C/C(=O)c3ccsc3)c(Cl)nc12. The van der Waals surface area contributed by atoms with Gasteiger partial charge in [0.15, 0.2) is 5.78 Å². The third-order valence-electron chi connectivity index (χ3n) is 3.25. The molecule has 1 aromatic carbocycles. The average molecular weight is 314 g/mol. The topological polar surface area (TPSA) is 30.0 Å². The van der Waals surface area contributed by atoms with E-state index >= 15 is 0 Å². The Kier molecular flexibility index (Phi) is 3.86. The molecule has 0 radical (unpaired) electrons. The number of hydrogen-bond donors (Lipinski definition) is 0. The summed E-state index contributed by atoms with van der Waals surface area (Å²) in [6, 6.07) is 9.73. The van der Waals surface area contributed by atoms with Crippen LogP contribution in [-0.4, -0.2) is 10.8 Å². The molecule has 0 N–H and O–H groups in total. The third kappa shape index (κ3) is 2.89. The molecule has 2 heterocycles. The van der Waals surface area contributed by atoms with Gasteiger partial charge in [-0.2, -0.15) is 11.3 Å². The van der Waals surface area contributed by atoms with Crippen LogP contribution in [0.3, 0.4) is 0 Å². The average Bonchev–Trinajstić information content (AvgIpc) is 3.00. The van der Waals surface area contributed by atoms with Crippen LogP contribution in [-0.2, 0) is 0 Å². The summed E-state index contributed by atoms with van der Waals surface area (Å²) < 4.78 is 0. The van der Waals surface area contributed by atoms with Crippen molar-refractivity contribution in [2.45, 2.75) is 6.92 Å². The van der Waals surface area contributed by atoms with Gasteiger partial charge in [-0.25, -0.2) is 4.98 Å². The highest BCUT2D eigenvalue weighted by Crippen LogP contribution is 2.24. The van der Waals surface area contributed by atoms with Crippen LogP contribution in [0, 0.1) is 6.92 Å². The lowest BCUT2D eigenvalue weighted by molar-refractivity contribution is 0.104. The fourth-order valence-corrected chi connectivity index (χ4v) is 2.97. The van der Waals surface area contributed by atoms with Crippen LogP contribution in [0.25, 0.3) is 17.0 Å². The van der Waals surface area contributed by atoms with Crippen LogP contribution in [0.1, 0.15) is 21.5 Å². The maximum absolute atomic E-state index is 12.0. The number of para-hydroxylation sites is 1. The summed E-state index contributed by atoms with van der Waals surface area (Å²) in [5, 5.41) is 5.14. The fraction of sp³-hybridized carbons (Fsp3) is 0.0588. The van der Waals surface area contributed by atoms with Gasteiger partial charge in [-0.3, -0.25) is 4.79 Å². The molecule has 0 aliphatic heterocycles. The predicted octanol–water partition coefficient (Wildman–Crippen LogP) is 5.15. The number of nitrogens with zero attached hydrogens (tertiary/aromatic N) is 1. The number of fused-ring (bicyclic) bond motifs is 1. The predicted molar refractivity (Wildman–Crippen MR) is 89.2 cm³/mol. The molecule has 4 heteroatoms. The highest BCUT2D eigenvalue weighted by atomic mass is 35.5. The van der Waals surface area contributed by atoms with E-state index in [1.165, 1.54) is 17.4 Å². The van der Waals surface area contributed by atoms with Crippen molar-refractivity contribution >= 4 is 45.7 Å². The molecule has 2 nitrogen and oxygen atoms in total. The third-order valence-corrected chi connectivity index (χ3v) is 4.23. The molecular weight excluding hydrogens is 302 g/mol. The second-order valence-electron chi connectivity index (χ2n) is 4.72. The van der Waals surface area contributed by atoms with Gasteiger partial charge in [0, 0.05) is 21.9 Å². The van der Waals surface area contributed by atoms with E-state index in [1.807, 2.05) is 41.9 Å². The Morgan fingerprint density at radius 2 is 2.19 bits per heavy atom. The molecule has 0 aliphatic rings. The smallest absolute Gasteiger partial charge is 0.186 e. The summed E-state index contributed by atoms with van der Waals surface area (Å²) in [7, 11) is 0. The number of allylic oxidation sites excluding steroid dienone is 1. The summed E-state index contributed by atoms with van der Waals surface area (Å²) in [6.07, 6.45) is 3.25. The van der Waals surface area contributed by atoms with E-state index in [0.29, 0.717) is 10.7 Å². The number of thiophene rings is 1. The molecule has 104 valence electrons. The Balaban J connectivity index is 1.97. The van der Waals surface area contributed by atoms with Crippen LogP contribution in [0.4, 0.5) is 0 Å². The van der Waals surface area contributed by atoms with Gasteiger partial charge >= 0.3 is 0 Å². The Morgan fingerprint density at radius 3 is 2.95 bits per heavy atom. The van der Waals surface area contributed by atoms with Crippen molar-refractivity contribution < 1.29 is 4.79 Å².